The minimum absolute atomic E-state index is 0.114. The van der Waals surface area contributed by atoms with Crippen LogP contribution in [0.25, 0.3) is 0 Å². The predicted molar refractivity (Wildman–Crippen MR) is 104 cm³/mol. The molecule has 0 radical (unpaired) electrons. The number of amides is 1. The van der Waals surface area contributed by atoms with Crippen LogP contribution in [0.1, 0.15) is 10.4 Å². The second-order valence-electron chi connectivity index (χ2n) is 5.43. The molecule has 1 N–H and O–H groups in total. The Morgan fingerprint density at radius 1 is 0.963 bits per heavy atom. The number of hydrogen-bond donors (Lipinski definition) is 1. The van der Waals surface area contributed by atoms with E-state index in [0.717, 1.165) is 5.75 Å². The van der Waals surface area contributed by atoms with Crippen LogP contribution in [0.15, 0.2) is 59.5 Å². The summed E-state index contributed by atoms with van der Waals surface area (Å²) in [5.74, 6) is 0.389. The van der Waals surface area contributed by atoms with Gasteiger partial charge >= 0.3 is 5.97 Å². The predicted octanol–water partition coefficient (Wildman–Crippen LogP) is 2.78. The van der Waals surface area contributed by atoms with Crippen LogP contribution in [-0.2, 0) is 14.3 Å². The fourth-order valence-corrected chi connectivity index (χ4v) is 3.01. The smallest absolute Gasteiger partial charge is 0.339 e. The number of carbonyl (C=O) groups excluding carboxylic acids is 2. The van der Waals surface area contributed by atoms with Crippen molar-refractivity contribution >= 4 is 23.6 Å². The van der Waals surface area contributed by atoms with E-state index in [0.29, 0.717) is 23.6 Å². The zero-order valence-electron chi connectivity index (χ0n) is 15.2. The van der Waals surface area contributed by atoms with E-state index in [1.807, 2.05) is 36.4 Å². The van der Waals surface area contributed by atoms with Crippen LogP contribution in [-0.4, -0.2) is 51.1 Å². The number of ether oxygens (including phenoxy) is 3. The van der Waals surface area contributed by atoms with Crippen molar-refractivity contribution in [3.05, 3.63) is 60.2 Å². The van der Waals surface area contributed by atoms with Gasteiger partial charge in [-0.25, -0.2) is 4.79 Å². The Hall–Kier alpha value is -2.51. The summed E-state index contributed by atoms with van der Waals surface area (Å²) in [6, 6.07) is 16.4. The van der Waals surface area contributed by atoms with Crippen molar-refractivity contribution in [2.24, 2.45) is 0 Å². The number of thioether (sulfide) groups is 1. The first kappa shape index (κ1) is 20.8. The van der Waals surface area contributed by atoms with E-state index < -0.39 is 5.97 Å². The van der Waals surface area contributed by atoms with Gasteiger partial charge in [0.2, 0.25) is 5.91 Å². The SMILES string of the molecule is COCCNC(=O)CSc1ccccc1C(=O)OCCOc1ccccc1. The monoisotopic (exact) mass is 389 g/mol. The van der Waals surface area contributed by atoms with Crippen molar-refractivity contribution in [3.63, 3.8) is 0 Å². The van der Waals surface area contributed by atoms with Gasteiger partial charge in [0.1, 0.15) is 19.0 Å². The van der Waals surface area contributed by atoms with Gasteiger partial charge in [-0.05, 0) is 24.3 Å². The molecule has 7 heteroatoms. The molecule has 0 fully saturated rings. The van der Waals surface area contributed by atoms with Crippen LogP contribution in [0.5, 0.6) is 5.75 Å². The minimum atomic E-state index is -0.436. The number of para-hydroxylation sites is 1. The van der Waals surface area contributed by atoms with Crippen LogP contribution >= 0.6 is 11.8 Å². The summed E-state index contributed by atoms with van der Waals surface area (Å²) in [6.07, 6.45) is 0. The average molecular weight is 389 g/mol. The normalized spacial score (nSPS) is 10.3. The second kappa shape index (κ2) is 12.0. The topological polar surface area (TPSA) is 73.9 Å². The third-order valence-electron chi connectivity index (χ3n) is 3.42. The molecule has 6 nitrogen and oxygen atoms in total. The van der Waals surface area contributed by atoms with Gasteiger partial charge < -0.3 is 19.5 Å². The molecule has 27 heavy (non-hydrogen) atoms. The number of rotatable bonds is 11. The first-order valence-electron chi connectivity index (χ1n) is 8.53. The molecule has 0 aliphatic heterocycles. The standard InChI is InChI=1S/C20H23NO5S/c1-24-12-11-21-19(22)15-27-18-10-6-5-9-17(18)20(23)26-14-13-25-16-7-3-2-4-8-16/h2-10H,11-15H2,1H3,(H,21,22). The maximum atomic E-state index is 12.3. The molecule has 0 atom stereocenters. The molecule has 144 valence electrons. The molecule has 2 aromatic carbocycles. The number of hydrogen-bond acceptors (Lipinski definition) is 6. The largest absolute Gasteiger partial charge is 0.490 e. The molecule has 0 spiro atoms. The minimum Gasteiger partial charge on any atom is -0.490 e. The van der Waals surface area contributed by atoms with Crippen molar-refractivity contribution in [2.75, 3.05) is 39.2 Å². The van der Waals surface area contributed by atoms with Crippen molar-refractivity contribution in [2.45, 2.75) is 4.90 Å². The van der Waals surface area contributed by atoms with Crippen molar-refractivity contribution in [3.8, 4) is 5.75 Å². The highest BCUT2D eigenvalue weighted by Crippen LogP contribution is 2.23. The van der Waals surface area contributed by atoms with E-state index in [-0.39, 0.29) is 24.9 Å². The average Bonchev–Trinajstić information content (AvgIpc) is 2.71. The van der Waals surface area contributed by atoms with E-state index in [1.54, 1.807) is 25.3 Å². The molecule has 2 rings (SSSR count). The first-order valence-corrected chi connectivity index (χ1v) is 9.51. The molecule has 0 saturated carbocycles. The van der Waals surface area contributed by atoms with Crippen LogP contribution < -0.4 is 10.1 Å². The summed E-state index contributed by atoms with van der Waals surface area (Å²) in [5, 5.41) is 2.74. The lowest BCUT2D eigenvalue weighted by Crippen LogP contribution is -2.28. The Kier molecular flexibility index (Phi) is 9.23. The molecule has 1 amide bonds. The highest BCUT2D eigenvalue weighted by molar-refractivity contribution is 8.00. The van der Waals surface area contributed by atoms with Gasteiger partial charge in [0, 0.05) is 18.6 Å². The molecule has 0 bridgehead atoms. The fourth-order valence-electron chi connectivity index (χ4n) is 2.14. The van der Waals surface area contributed by atoms with E-state index in [2.05, 4.69) is 5.32 Å². The Morgan fingerprint density at radius 3 is 2.48 bits per heavy atom. The molecular weight excluding hydrogens is 366 g/mol. The Labute approximate surface area is 163 Å². The van der Waals surface area contributed by atoms with Crippen LogP contribution in [0, 0.1) is 0 Å². The zero-order chi connectivity index (χ0) is 19.3. The summed E-state index contributed by atoms with van der Waals surface area (Å²) in [5.41, 5.74) is 0.437. The zero-order valence-corrected chi connectivity index (χ0v) is 16.0. The van der Waals surface area contributed by atoms with Gasteiger partial charge in [-0.15, -0.1) is 11.8 Å². The number of carbonyl (C=O) groups is 2. The molecule has 0 unspecified atom stereocenters. The molecular formula is C20H23NO5S. The van der Waals surface area contributed by atoms with Gasteiger partial charge in [-0.1, -0.05) is 30.3 Å². The number of methoxy groups -OCH3 is 1. The summed E-state index contributed by atoms with van der Waals surface area (Å²) in [4.78, 5) is 24.8. The summed E-state index contributed by atoms with van der Waals surface area (Å²) >= 11 is 1.29. The quantitative estimate of drug-likeness (QED) is 0.362. The summed E-state index contributed by atoms with van der Waals surface area (Å²) in [6.45, 7) is 1.34. The summed E-state index contributed by atoms with van der Waals surface area (Å²) < 4.78 is 15.7. The van der Waals surface area contributed by atoms with Gasteiger partial charge in [0.05, 0.1) is 17.9 Å². The van der Waals surface area contributed by atoms with Gasteiger partial charge in [-0.3, -0.25) is 4.79 Å². The highest BCUT2D eigenvalue weighted by Gasteiger charge is 2.14. The maximum Gasteiger partial charge on any atom is 0.339 e. The molecule has 0 saturated heterocycles. The molecule has 2 aromatic rings. The van der Waals surface area contributed by atoms with E-state index in [9.17, 15) is 9.59 Å². The number of esters is 1. The third-order valence-corrected chi connectivity index (χ3v) is 4.50. The van der Waals surface area contributed by atoms with E-state index in [4.69, 9.17) is 14.2 Å². The van der Waals surface area contributed by atoms with Crippen molar-refractivity contribution in [1.29, 1.82) is 0 Å². The van der Waals surface area contributed by atoms with Crippen molar-refractivity contribution in [1.82, 2.24) is 5.32 Å². The van der Waals surface area contributed by atoms with Crippen molar-refractivity contribution < 1.29 is 23.8 Å². The van der Waals surface area contributed by atoms with Crippen LogP contribution in [0.3, 0.4) is 0 Å². The van der Waals surface area contributed by atoms with E-state index >= 15 is 0 Å². The van der Waals surface area contributed by atoms with Gasteiger partial charge in [0.25, 0.3) is 0 Å². The fraction of sp³-hybridized carbons (Fsp3) is 0.300. The van der Waals surface area contributed by atoms with E-state index in [1.165, 1.54) is 11.8 Å². The molecule has 0 aliphatic carbocycles. The Balaban J connectivity index is 1.79. The Morgan fingerprint density at radius 2 is 1.70 bits per heavy atom. The Bertz CT molecular complexity index is 723. The summed E-state index contributed by atoms with van der Waals surface area (Å²) in [7, 11) is 1.58. The second-order valence-corrected chi connectivity index (χ2v) is 6.44. The molecule has 0 aliphatic rings. The van der Waals surface area contributed by atoms with Gasteiger partial charge in [0.15, 0.2) is 0 Å². The first-order chi connectivity index (χ1) is 13.2. The van der Waals surface area contributed by atoms with Crippen LogP contribution in [0.4, 0.5) is 0 Å². The molecule has 0 heterocycles. The van der Waals surface area contributed by atoms with Crippen LogP contribution in [0.2, 0.25) is 0 Å². The third kappa shape index (κ3) is 7.72. The maximum absolute atomic E-state index is 12.3. The molecule has 0 aromatic heterocycles. The highest BCUT2D eigenvalue weighted by atomic mass is 32.2. The lowest BCUT2D eigenvalue weighted by molar-refractivity contribution is -0.118. The lowest BCUT2D eigenvalue weighted by atomic mass is 10.2. The van der Waals surface area contributed by atoms with Gasteiger partial charge in [-0.2, -0.15) is 0 Å². The number of benzene rings is 2. The lowest BCUT2D eigenvalue weighted by Gasteiger charge is -2.10. The number of nitrogens with one attached hydrogen (secondary N) is 1.